The van der Waals surface area contributed by atoms with Crippen molar-refractivity contribution >= 4 is 0 Å². The molecule has 1 aromatic heterocycles. The summed E-state index contributed by atoms with van der Waals surface area (Å²) >= 11 is 0. The van der Waals surface area contributed by atoms with Gasteiger partial charge in [0.05, 0.1) is 6.10 Å². The maximum Gasteiger partial charge on any atom is 0.245 e. The predicted molar refractivity (Wildman–Crippen MR) is 86.2 cm³/mol. The van der Waals surface area contributed by atoms with Crippen molar-refractivity contribution in [3.8, 4) is 0 Å². The minimum atomic E-state index is -0.000468. The van der Waals surface area contributed by atoms with Gasteiger partial charge in [0.15, 0.2) is 0 Å². The number of aryl methyl sites for hydroxylation is 1. The van der Waals surface area contributed by atoms with E-state index < -0.39 is 0 Å². The largest absolute Gasteiger partial charge is 0.423 e. The molecule has 0 radical (unpaired) electrons. The first-order chi connectivity index (χ1) is 11.3. The van der Waals surface area contributed by atoms with Crippen LogP contribution in [0.2, 0.25) is 0 Å². The van der Waals surface area contributed by atoms with E-state index in [2.05, 4.69) is 20.0 Å². The van der Waals surface area contributed by atoms with E-state index in [0.29, 0.717) is 23.9 Å². The van der Waals surface area contributed by atoms with Crippen LogP contribution in [0.15, 0.2) is 4.42 Å². The first-order valence-corrected chi connectivity index (χ1v) is 9.21. The van der Waals surface area contributed by atoms with Gasteiger partial charge in [0.25, 0.3) is 0 Å². The molecular weight excluding hydrogens is 292 g/mol. The van der Waals surface area contributed by atoms with E-state index in [-0.39, 0.29) is 6.10 Å². The number of fused-ring (bicyclic) bond motifs is 1. The number of hydrogen-bond acceptors (Lipinski definition) is 6. The number of piperidine rings is 1. The molecule has 6 heteroatoms. The Morgan fingerprint density at radius 1 is 1.00 bits per heavy atom. The van der Waals surface area contributed by atoms with Crippen LogP contribution in [0.4, 0.5) is 0 Å². The second-order valence-electron chi connectivity index (χ2n) is 7.19. The average Bonchev–Trinajstić information content (AvgIpc) is 3.19. The molecule has 0 aromatic carbocycles. The van der Waals surface area contributed by atoms with Crippen LogP contribution >= 0.6 is 0 Å². The molecule has 128 valence electrons. The highest BCUT2D eigenvalue weighted by molar-refractivity contribution is 4.97. The fraction of sp³-hybridized carbons (Fsp3) is 0.882. The minimum absolute atomic E-state index is 0.000468. The highest BCUT2D eigenvalue weighted by Crippen LogP contribution is 2.37. The summed E-state index contributed by atoms with van der Waals surface area (Å²) in [5, 5.41) is 8.07. The van der Waals surface area contributed by atoms with E-state index in [1.807, 2.05) is 6.92 Å². The standard InChI is InChI=1S/C17H28N4O2/c1-13-18-19-17(22-13)16-6-5-14-15(23-16)7-10-21(14)12-11-20-8-3-2-4-9-20/h14-16H,2-12H2,1H3/t14-,15-,16-/m0/s1. The third-order valence-electron chi connectivity index (χ3n) is 5.63. The Kier molecular flexibility index (Phi) is 4.64. The number of rotatable bonds is 4. The molecule has 4 heterocycles. The number of ether oxygens (including phenoxy) is 1. The summed E-state index contributed by atoms with van der Waals surface area (Å²) < 4.78 is 11.8. The van der Waals surface area contributed by atoms with E-state index in [0.717, 1.165) is 12.8 Å². The van der Waals surface area contributed by atoms with Gasteiger partial charge in [-0.1, -0.05) is 6.42 Å². The van der Waals surface area contributed by atoms with E-state index in [4.69, 9.17) is 9.15 Å². The molecule has 0 unspecified atom stereocenters. The summed E-state index contributed by atoms with van der Waals surface area (Å²) in [5.41, 5.74) is 0. The SMILES string of the molecule is Cc1nnc([C@@H]2CC[C@H]3[C@H](CCN3CCN3CCCCC3)O2)o1. The molecule has 0 aliphatic carbocycles. The fourth-order valence-electron chi connectivity index (χ4n) is 4.37. The lowest BCUT2D eigenvalue weighted by Gasteiger charge is -2.36. The zero-order valence-corrected chi connectivity index (χ0v) is 14.1. The van der Waals surface area contributed by atoms with Crippen molar-refractivity contribution in [2.24, 2.45) is 0 Å². The topological polar surface area (TPSA) is 54.6 Å². The minimum Gasteiger partial charge on any atom is -0.423 e. The molecule has 0 saturated carbocycles. The number of hydrogen-bond donors (Lipinski definition) is 0. The first-order valence-electron chi connectivity index (χ1n) is 9.21. The summed E-state index contributed by atoms with van der Waals surface area (Å²) in [6.45, 7) is 7.98. The van der Waals surface area contributed by atoms with Crippen molar-refractivity contribution in [1.29, 1.82) is 0 Å². The molecule has 3 fully saturated rings. The van der Waals surface area contributed by atoms with Crippen molar-refractivity contribution in [3.63, 3.8) is 0 Å². The Hall–Kier alpha value is -0.980. The molecule has 4 rings (SSSR count). The van der Waals surface area contributed by atoms with Gasteiger partial charge in [-0.05, 0) is 45.2 Å². The lowest BCUT2D eigenvalue weighted by atomic mass is 9.99. The van der Waals surface area contributed by atoms with Crippen LogP contribution in [0.1, 0.15) is 56.4 Å². The van der Waals surface area contributed by atoms with Crippen molar-refractivity contribution < 1.29 is 9.15 Å². The van der Waals surface area contributed by atoms with E-state index in [9.17, 15) is 0 Å². The van der Waals surface area contributed by atoms with Crippen molar-refractivity contribution in [2.45, 2.75) is 63.7 Å². The van der Waals surface area contributed by atoms with Crippen LogP contribution in [0.25, 0.3) is 0 Å². The van der Waals surface area contributed by atoms with Crippen LogP contribution in [0.3, 0.4) is 0 Å². The van der Waals surface area contributed by atoms with Gasteiger partial charge in [0.2, 0.25) is 11.8 Å². The van der Waals surface area contributed by atoms with E-state index in [1.54, 1.807) is 0 Å². The third kappa shape index (κ3) is 3.44. The molecule has 3 saturated heterocycles. The molecule has 6 nitrogen and oxygen atoms in total. The van der Waals surface area contributed by atoms with Gasteiger partial charge in [0, 0.05) is 32.6 Å². The highest BCUT2D eigenvalue weighted by atomic mass is 16.5. The first kappa shape index (κ1) is 15.5. The fourth-order valence-corrected chi connectivity index (χ4v) is 4.37. The summed E-state index contributed by atoms with van der Waals surface area (Å²) in [7, 11) is 0. The lowest BCUT2D eigenvalue weighted by Crippen LogP contribution is -2.44. The van der Waals surface area contributed by atoms with Crippen LogP contribution in [-0.2, 0) is 4.74 Å². The molecule has 0 spiro atoms. The van der Waals surface area contributed by atoms with Gasteiger partial charge < -0.3 is 14.1 Å². The molecule has 3 aliphatic rings. The maximum atomic E-state index is 6.28. The van der Waals surface area contributed by atoms with Crippen LogP contribution in [-0.4, -0.2) is 64.9 Å². The highest BCUT2D eigenvalue weighted by Gasteiger charge is 2.41. The van der Waals surface area contributed by atoms with Crippen LogP contribution in [0, 0.1) is 6.92 Å². The molecule has 3 atom stereocenters. The van der Waals surface area contributed by atoms with E-state index >= 15 is 0 Å². The molecule has 23 heavy (non-hydrogen) atoms. The monoisotopic (exact) mass is 320 g/mol. The van der Waals surface area contributed by atoms with Gasteiger partial charge in [0.1, 0.15) is 6.10 Å². The Morgan fingerprint density at radius 3 is 2.65 bits per heavy atom. The Labute approximate surface area is 138 Å². The quantitative estimate of drug-likeness (QED) is 0.847. The van der Waals surface area contributed by atoms with Gasteiger partial charge in [-0.15, -0.1) is 10.2 Å². The Bertz CT molecular complexity index is 514. The number of likely N-dealkylation sites (tertiary alicyclic amines) is 2. The number of aromatic nitrogens is 2. The van der Waals surface area contributed by atoms with Crippen LogP contribution < -0.4 is 0 Å². The summed E-state index contributed by atoms with van der Waals surface area (Å²) in [5.74, 6) is 1.29. The summed E-state index contributed by atoms with van der Waals surface area (Å²) in [4.78, 5) is 5.28. The Balaban J connectivity index is 1.29. The van der Waals surface area contributed by atoms with Crippen molar-refractivity contribution in [2.75, 3.05) is 32.7 Å². The molecule has 0 amide bonds. The lowest BCUT2D eigenvalue weighted by molar-refractivity contribution is -0.0814. The second-order valence-corrected chi connectivity index (χ2v) is 7.19. The molecular formula is C17H28N4O2. The van der Waals surface area contributed by atoms with Crippen molar-refractivity contribution in [1.82, 2.24) is 20.0 Å². The molecule has 1 aromatic rings. The second kappa shape index (κ2) is 6.87. The number of nitrogens with zero attached hydrogens (tertiary/aromatic N) is 4. The summed E-state index contributed by atoms with van der Waals surface area (Å²) in [6.07, 6.45) is 7.80. The zero-order chi connectivity index (χ0) is 15.6. The molecule has 0 bridgehead atoms. The van der Waals surface area contributed by atoms with Gasteiger partial charge in [-0.3, -0.25) is 4.90 Å². The van der Waals surface area contributed by atoms with Gasteiger partial charge in [-0.2, -0.15) is 0 Å². The molecule has 0 N–H and O–H groups in total. The maximum absolute atomic E-state index is 6.28. The van der Waals surface area contributed by atoms with Crippen molar-refractivity contribution in [3.05, 3.63) is 11.8 Å². The zero-order valence-electron chi connectivity index (χ0n) is 14.1. The predicted octanol–water partition coefficient (Wildman–Crippen LogP) is 2.16. The Morgan fingerprint density at radius 2 is 1.87 bits per heavy atom. The summed E-state index contributed by atoms with van der Waals surface area (Å²) in [6, 6.07) is 0.583. The third-order valence-corrected chi connectivity index (χ3v) is 5.63. The molecule has 3 aliphatic heterocycles. The van der Waals surface area contributed by atoms with Gasteiger partial charge >= 0.3 is 0 Å². The van der Waals surface area contributed by atoms with Gasteiger partial charge in [-0.25, -0.2) is 0 Å². The van der Waals surface area contributed by atoms with Crippen LogP contribution in [0.5, 0.6) is 0 Å². The average molecular weight is 320 g/mol. The smallest absolute Gasteiger partial charge is 0.245 e. The normalized spacial score (nSPS) is 33.0. The van der Waals surface area contributed by atoms with E-state index in [1.165, 1.54) is 58.4 Å².